The van der Waals surface area contributed by atoms with E-state index in [-0.39, 0.29) is 0 Å². The molecule has 0 aromatic rings. The van der Waals surface area contributed by atoms with E-state index in [0.717, 1.165) is 13.0 Å². The Morgan fingerprint density at radius 2 is 2.00 bits per heavy atom. The molecule has 0 rings (SSSR count). The predicted octanol–water partition coefficient (Wildman–Crippen LogP) is 1.63. The van der Waals surface area contributed by atoms with E-state index in [1.807, 2.05) is 0 Å². The van der Waals surface area contributed by atoms with Gasteiger partial charge in [-0.1, -0.05) is 0 Å². The first-order chi connectivity index (χ1) is 5.20. The van der Waals surface area contributed by atoms with Crippen molar-refractivity contribution in [3.63, 3.8) is 0 Å². The summed E-state index contributed by atoms with van der Waals surface area (Å²) in [5.74, 6) is 0.716. The smallest absolute Gasteiger partial charge is 0.0613 e. The molecule has 0 aliphatic rings. The lowest BCUT2D eigenvalue weighted by Crippen LogP contribution is -2.37. The Hall–Kier alpha value is 0.210. The zero-order chi connectivity index (χ0) is 8.69. The number of nitrogens with one attached hydrogen (secondary N) is 1. The average Bonchev–Trinajstić information content (AvgIpc) is 1.87. The molecule has 0 aliphatic heterocycles. The Bertz CT molecular complexity index is 80.2. The van der Waals surface area contributed by atoms with Crippen LogP contribution in [0, 0.1) is 0 Å². The summed E-state index contributed by atoms with van der Waals surface area (Å²) in [7, 11) is 1.71. The van der Waals surface area contributed by atoms with E-state index in [2.05, 4.69) is 19.2 Å². The van der Waals surface area contributed by atoms with Crippen molar-refractivity contribution >= 4 is 11.6 Å². The summed E-state index contributed by atoms with van der Waals surface area (Å²) < 4.78 is 4.99. The van der Waals surface area contributed by atoms with Crippen molar-refractivity contribution in [3.8, 4) is 0 Å². The second-order valence-electron chi connectivity index (χ2n) is 2.90. The summed E-state index contributed by atoms with van der Waals surface area (Å²) in [4.78, 5) is 0. The van der Waals surface area contributed by atoms with Gasteiger partial charge >= 0.3 is 0 Å². The molecule has 2 nitrogen and oxygen atoms in total. The fraction of sp³-hybridized carbons (Fsp3) is 1.00. The van der Waals surface area contributed by atoms with Crippen molar-refractivity contribution in [2.24, 2.45) is 0 Å². The van der Waals surface area contributed by atoms with Crippen LogP contribution in [-0.2, 0) is 4.74 Å². The topological polar surface area (TPSA) is 21.3 Å². The lowest BCUT2D eigenvalue weighted by atomic mass is 10.2. The number of halogens is 1. The van der Waals surface area contributed by atoms with Crippen molar-refractivity contribution in [1.29, 1.82) is 0 Å². The summed E-state index contributed by atoms with van der Waals surface area (Å²) in [6.45, 7) is 5.00. The molecule has 0 aromatic carbocycles. The van der Waals surface area contributed by atoms with Crippen molar-refractivity contribution in [2.75, 3.05) is 19.6 Å². The molecule has 0 fully saturated rings. The minimum Gasteiger partial charge on any atom is -0.383 e. The van der Waals surface area contributed by atoms with Crippen molar-refractivity contribution in [1.82, 2.24) is 5.32 Å². The molecule has 0 aliphatic carbocycles. The van der Waals surface area contributed by atoms with Crippen LogP contribution in [0.5, 0.6) is 0 Å². The molecule has 2 unspecified atom stereocenters. The maximum atomic E-state index is 5.59. The molecule has 0 amide bonds. The van der Waals surface area contributed by atoms with Gasteiger partial charge in [-0.05, 0) is 20.3 Å². The first kappa shape index (κ1) is 11.2. The van der Waals surface area contributed by atoms with Gasteiger partial charge in [0.25, 0.3) is 0 Å². The van der Waals surface area contributed by atoms with Gasteiger partial charge in [-0.3, -0.25) is 0 Å². The molecule has 2 atom stereocenters. The van der Waals surface area contributed by atoms with Gasteiger partial charge in [-0.15, -0.1) is 11.6 Å². The van der Waals surface area contributed by atoms with Crippen LogP contribution in [0.3, 0.4) is 0 Å². The van der Waals surface area contributed by atoms with Gasteiger partial charge in [0.15, 0.2) is 0 Å². The molecule has 0 aromatic heterocycles. The Kier molecular flexibility index (Phi) is 7.02. The lowest BCUT2D eigenvalue weighted by Gasteiger charge is -2.18. The number of alkyl halides is 1. The second-order valence-corrected chi connectivity index (χ2v) is 3.28. The predicted molar refractivity (Wildman–Crippen MR) is 49.3 cm³/mol. The highest BCUT2D eigenvalue weighted by molar-refractivity contribution is 6.17. The highest BCUT2D eigenvalue weighted by Gasteiger charge is 2.05. The largest absolute Gasteiger partial charge is 0.383 e. The molecule has 1 N–H and O–H groups in total. The average molecular weight is 180 g/mol. The van der Waals surface area contributed by atoms with Crippen molar-refractivity contribution in [3.05, 3.63) is 0 Å². The SMILES string of the molecule is COCC(C)NC(C)CCCl. The Morgan fingerprint density at radius 3 is 2.45 bits per heavy atom. The third-order valence-electron chi connectivity index (χ3n) is 1.53. The van der Waals surface area contributed by atoms with Crippen LogP contribution in [0.1, 0.15) is 20.3 Å². The summed E-state index contributed by atoms with van der Waals surface area (Å²) in [6.07, 6.45) is 1.01. The van der Waals surface area contributed by atoms with Gasteiger partial charge in [-0.25, -0.2) is 0 Å². The Labute approximate surface area is 74.3 Å². The first-order valence-corrected chi connectivity index (χ1v) is 4.55. The van der Waals surface area contributed by atoms with Crippen LogP contribution in [0.2, 0.25) is 0 Å². The number of ether oxygens (including phenoxy) is 1. The monoisotopic (exact) mass is 179 g/mol. The third kappa shape index (κ3) is 6.60. The highest BCUT2D eigenvalue weighted by atomic mass is 35.5. The summed E-state index contributed by atoms with van der Waals surface area (Å²) in [6, 6.07) is 0.899. The molecule has 0 heterocycles. The van der Waals surface area contributed by atoms with Gasteiger partial charge in [0, 0.05) is 25.1 Å². The van der Waals surface area contributed by atoms with Gasteiger partial charge in [-0.2, -0.15) is 0 Å². The van der Waals surface area contributed by atoms with E-state index in [4.69, 9.17) is 16.3 Å². The maximum Gasteiger partial charge on any atom is 0.0613 e. The molecular formula is C8H18ClNO. The van der Waals surface area contributed by atoms with E-state index in [1.54, 1.807) is 7.11 Å². The lowest BCUT2D eigenvalue weighted by molar-refractivity contribution is 0.167. The van der Waals surface area contributed by atoms with Crippen LogP contribution >= 0.6 is 11.6 Å². The van der Waals surface area contributed by atoms with Crippen molar-refractivity contribution < 1.29 is 4.74 Å². The van der Waals surface area contributed by atoms with Crippen LogP contribution in [0.4, 0.5) is 0 Å². The van der Waals surface area contributed by atoms with E-state index >= 15 is 0 Å². The molecule has 0 radical (unpaired) electrons. The fourth-order valence-corrected chi connectivity index (χ4v) is 1.36. The fourth-order valence-electron chi connectivity index (χ4n) is 1.03. The summed E-state index contributed by atoms with van der Waals surface area (Å²) >= 11 is 5.59. The van der Waals surface area contributed by atoms with Gasteiger partial charge in [0.2, 0.25) is 0 Å². The summed E-state index contributed by atoms with van der Waals surface area (Å²) in [5.41, 5.74) is 0. The Balaban J connectivity index is 3.32. The van der Waals surface area contributed by atoms with E-state index in [9.17, 15) is 0 Å². The second kappa shape index (κ2) is 6.89. The zero-order valence-electron chi connectivity index (χ0n) is 7.56. The minimum absolute atomic E-state index is 0.415. The first-order valence-electron chi connectivity index (χ1n) is 4.01. The molecule has 0 saturated carbocycles. The number of hydrogen-bond acceptors (Lipinski definition) is 2. The molecule has 0 saturated heterocycles. The van der Waals surface area contributed by atoms with Gasteiger partial charge in [0.05, 0.1) is 6.61 Å². The number of rotatable bonds is 6. The Morgan fingerprint density at radius 1 is 1.36 bits per heavy atom. The standard InChI is InChI=1S/C8H18ClNO/c1-7(4-5-9)10-8(2)6-11-3/h7-8,10H,4-6H2,1-3H3. The molecule has 11 heavy (non-hydrogen) atoms. The minimum atomic E-state index is 0.415. The van der Waals surface area contributed by atoms with E-state index in [1.165, 1.54) is 0 Å². The molecule has 68 valence electrons. The quantitative estimate of drug-likeness (QED) is 0.626. The van der Waals surface area contributed by atoms with E-state index in [0.29, 0.717) is 18.0 Å². The highest BCUT2D eigenvalue weighted by Crippen LogP contribution is 1.95. The summed E-state index contributed by atoms with van der Waals surface area (Å²) in [5, 5.41) is 3.37. The van der Waals surface area contributed by atoms with Crippen LogP contribution in [0.15, 0.2) is 0 Å². The molecule has 0 bridgehead atoms. The molecule has 3 heteroatoms. The zero-order valence-corrected chi connectivity index (χ0v) is 8.32. The van der Waals surface area contributed by atoms with Crippen LogP contribution < -0.4 is 5.32 Å². The van der Waals surface area contributed by atoms with Crippen molar-refractivity contribution in [2.45, 2.75) is 32.4 Å². The van der Waals surface area contributed by atoms with Crippen LogP contribution in [-0.4, -0.2) is 31.7 Å². The normalized spacial score (nSPS) is 16.4. The van der Waals surface area contributed by atoms with Crippen LogP contribution in [0.25, 0.3) is 0 Å². The molecule has 0 spiro atoms. The van der Waals surface area contributed by atoms with Gasteiger partial charge < -0.3 is 10.1 Å². The van der Waals surface area contributed by atoms with E-state index < -0.39 is 0 Å². The third-order valence-corrected chi connectivity index (χ3v) is 1.75. The number of hydrogen-bond donors (Lipinski definition) is 1. The number of methoxy groups -OCH3 is 1. The molecular weight excluding hydrogens is 162 g/mol. The maximum absolute atomic E-state index is 5.59. The van der Waals surface area contributed by atoms with Gasteiger partial charge in [0.1, 0.15) is 0 Å².